The van der Waals surface area contributed by atoms with Crippen LogP contribution in [0.4, 0.5) is 4.79 Å². The van der Waals surface area contributed by atoms with E-state index in [1.54, 1.807) is 4.68 Å². The molecule has 9 heteroatoms. The number of carbonyl (C=O) groups excluding carboxylic acids is 2. The van der Waals surface area contributed by atoms with Gasteiger partial charge in [-0.2, -0.15) is 4.68 Å². The quantitative estimate of drug-likeness (QED) is 0.780. The fourth-order valence-electron chi connectivity index (χ4n) is 2.19. The molecular weight excluding hydrogens is 318 g/mol. The van der Waals surface area contributed by atoms with Crippen LogP contribution >= 0.6 is 11.8 Å². The molecule has 0 N–H and O–H groups in total. The Morgan fingerprint density at radius 1 is 1.39 bits per heavy atom. The van der Waals surface area contributed by atoms with Gasteiger partial charge in [0, 0.05) is 0 Å². The molecule has 1 aliphatic heterocycles. The number of aromatic nitrogens is 4. The molecule has 2 amide bonds. The molecular formula is C14H15N5O3S. The summed E-state index contributed by atoms with van der Waals surface area (Å²) in [4.78, 5) is 24.5. The monoisotopic (exact) mass is 333 g/mol. The van der Waals surface area contributed by atoms with E-state index in [0.29, 0.717) is 11.7 Å². The van der Waals surface area contributed by atoms with Crippen LogP contribution in [0.25, 0.3) is 5.69 Å². The zero-order valence-corrected chi connectivity index (χ0v) is 13.5. The second-order valence-corrected chi connectivity index (χ2v) is 6.05. The van der Waals surface area contributed by atoms with Crippen molar-refractivity contribution in [3.63, 3.8) is 0 Å². The van der Waals surface area contributed by atoms with Crippen LogP contribution in [0, 0.1) is 13.8 Å². The van der Waals surface area contributed by atoms with E-state index in [1.165, 1.54) is 11.8 Å². The first-order valence-electron chi connectivity index (χ1n) is 7.02. The summed E-state index contributed by atoms with van der Waals surface area (Å²) in [7, 11) is 0. The van der Waals surface area contributed by atoms with E-state index >= 15 is 0 Å². The summed E-state index contributed by atoms with van der Waals surface area (Å²) in [6.45, 7) is 4.49. The lowest BCUT2D eigenvalue weighted by Gasteiger charge is -2.11. The summed E-state index contributed by atoms with van der Waals surface area (Å²) in [5.41, 5.74) is 2.98. The van der Waals surface area contributed by atoms with Gasteiger partial charge in [0.2, 0.25) is 11.1 Å². The average molecular weight is 333 g/mol. The molecule has 0 saturated carbocycles. The highest BCUT2D eigenvalue weighted by atomic mass is 32.2. The second-order valence-electron chi connectivity index (χ2n) is 5.11. The lowest BCUT2D eigenvalue weighted by molar-refractivity contribution is -0.125. The van der Waals surface area contributed by atoms with Gasteiger partial charge in [0.25, 0.3) is 0 Å². The van der Waals surface area contributed by atoms with E-state index < -0.39 is 6.09 Å². The average Bonchev–Trinajstić information content (AvgIpc) is 3.16. The molecule has 0 spiro atoms. The molecule has 1 aliphatic rings. The molecule has 2 heterocycles. The lowest BCUT2D eigenvalue weighted by atomic mass is 10.1. The molecule has 0 radical (unpaired) electrons. The number of aryl methyl sites for hydroxylation is 2. The summed E-state index contributed by atoms with van der Waals surface area (Å²) in [6.07, 6.45) is -0.593. The van der Waals surface area contributed by atoms with E-state index in [-0.39, 0.29) is 18.3 Å². The molecule has 0 aliphatic carbocycles. The Balaban J connectivity index is 1.75. The summed E-state index contributed by atoms with van der Waals surface area (Å²) in [6, 6.07) is 5.99. The third kappa shape index (κ3) is 3.19. The first-order valence-corrected chi connectivity index (χ1v) is 8.01. The highest BCUT2D eigenvalue weighted by Gasteiger charge is 2.28. The van der Waals surface area contributed by atoms with Crippen LogP contribution in [-0.2, 0) is 9.53 Å². The molecule has 120 valence electrons. The lowest BCUT2D eigenvalue weighted by Crippen LogP contribution is -2.33. The van der Waals surface area contributed by atoms with Crippen molar-refractivity contribution in [2.75, 3.05) is 18.9 Å². The van der Waals surface area contributed by atoms with E-state index in [4.69, 9.17) is 4.74 Å². The number of hydrogen-bond acceptors (Lipinski definition) is 7. The van der Waals surface area contributed by atoms with Gasteiger partial charge in [0.15, 0.2) is 0 Å². The van der Waals surface area contributed by atoms with Gasteiger partial charge in [0.1, 0.15) is 6.61 Å². The van der Waals surface area contributed by atoms with E-state index in [1.807, 2.05) is 32.0 Å². The van der Waals surface area contributed by atoms with Gasteiger partial charge in [-0.05, 0) is 41.5 Å². The molecule has 8 nitrogen and oxygen atoms in total. The Bertz CT molecular complexity index is 761. The predicted octanol–water partition coefficient (Wildman–Crippen LogP) is 1.35. The Kier molecular flexibility index (Phi) is 4.28. The first-order chi connectivity index (χ1) is 11.1. The van der Waals surface area contributed by atoms with Gasteiger partial charge in [-0.15, -0.1) is 5.10 Å². The number of hydrogen-bond donors (Lipinski definition) is 0. The van der Waals surface area contributed by atoms with Crippen molar-refractivity contribution in [2.24, 2.45) is 0 Å². The molecule has 23 heavy (non-hydrogen) atoms. The van der Waals surface area contributed by atoms with Crippen molar-refractivity contribution in [1.29, 1.82) is 0 Å². The Labute approximate surface area is 136 Å². The number of ether oxygens (including phenoxy) is 1. The summed E-state index contributed by atoms with van der Waals surface area (Å²) >= 11 is 1.19. The number of thioether (sulfide) groups is 1. The number of tetrazole rings is 1. The Morgan fingerprint density at radius 3 is 2.96 bits per heavy atom. The van der Waals surface area contributed by atoms with Gasteiger partial charge in [-0.1, -0.05) is 23.9 Å². The number of benzene rings is 1. The molecule has 0 atom stereocenters. The number of carbonyl (C=O) groups is 2. The van der Waals surface area contributed by atoms with Gasteiger partial charge in [-0.25, -0.2) is 9.69 Å². The number of cyclic esters (lactones) is 1. The minimum absolute atomic E-state index is 0.0698. The van der Waals surface area contributed by atoms with Crippen LogP contribution in [0.2, 0.25) is 0 Å². The third-order valence-corrected chi connectivity index (χ3v) is 4.32. The Morgan fingerprint density at radius 2 is 2.22 bits per heavy atom. The molecule has 3 rings (SSSR count). The SMILES string of the molecule is Cc1ccc(C)c(-n2nnnc2SCC(=O)N2CCOC2=O)c1. The van der Waals surface area contributed by atoms with E-state index in [9.17, 15) is 9.59 Å². The smallest absolute Gasteiger partial charge is 0.416 e. The largest absolute Gasteiger partial charge is 0.447 e. The minimum Gasteiger partial charge on any atom is -0.447 e. The van der Waals surface area contributed by atoms with Crippen molar-refractivity contribution in [3.05, 3.63) is 29.3 Å². The Hall–Kier alpha value is -2.42. The molecule has 1 saturated heterocycles. The summed E-state index contributed by atoms with van der Waals surface area (Å²) < 4.78 is 6.36. The van der Waals surface area contributed by atoms with Crippen molar-refractivity contribution in [3.8, 4) is 5.69 Å². The first kappa shape index (κ1) is 15.5. The zero-order valence-electron chi connectivity index (χ0n) is 12.7. The fraction of sp³-hybridized carbons (Fsp3) is 0.357. The van der Waals surface area contributed by atoms with Gasteiger partial charge in [0.05, 0.1) is 18.0 Å². The number of rotatable bonds is 4. The van der Waals surface area contributed by atoms with Crippen molar-refractivity contribution in [1.82, 2.24) is 25.1 Å². The van der Waals surface area contributed by atoms with E-state index in [0.717, 1.165) is 21.7 Å². The highest BCUT2D eigenvalue weighted by Crippen LogP contribution is 2.22. The fourth-order valence-corrected chi connectivity index (χ4v) is 2.95. The van der Waals surface area contributed by atoms with Crippen LogP contribution in [0.3, 0.4) is 0 Å². The normalized spacial score (nSPS) is 14.2. The molecule has 1 fully saturated rings. The summed E-state index contributed by atoms with van der Waals surface area (Å²) in [5, 5.41) is 12.1. The molecule has 1 aromatic heterocycles. The maximum Gasteiger partial charge on any atom is 0.416 e. The summed E-state index contributed by atoms with van der Waals surface area (Å²) in [5.74, 6) is -0.242. The highest BCUT2D eigenvalue weighted by molar-refractivity contribution is 7.99. The maximum atomic E-state index is 12.0. The van der Waals surface area contributed by atoms with Crippen LogP contribution in [0.15, 0.2) is 23.4 Å². The van der Waals surface area contributed by atoms with Gasteiger partial charge >= 0.3 is 6.09 Å². The number of imide groups is 1. The van der Waals surface area contributed by atoms with Gasteiger partial charge < -0.3 is 4.74 Å². The van der Waals surface area contributed by atoms with Gasteiger partial charge in [-0.3, -0.25) is 4.79 Å². The molecule has 0 unspecified atom stereocenters. The molecule has 0 bridgehead atoms. The van der Waals surface area contributed by atoms with Crippen molar-refractivity contribution < 1.29 is 14.3 Å². The second kappa shape index (κ2) is 6.37. The standard InChI is InChI=1S/C14H15N5O3S/c1-9-3-4-10(2)11(7-9)19-13(15-16-17-19)23-8-12(20)18-5-6-22-14(18)21/h3-4,7H,5-6,8H2,1-2H3. The topological polar surface area (TPSA) is 90.2 Å². The minimum atomic E-state index is -0.593. The third-order valence-electron chi connectivity index (χ3n) is 3.42. The molecule has 2 aromatic rings. The van der Waals surface area contributed by atoms with Crippen LogP contribution in [-0.4, -0.2) is 56.0 Å². The van der Waals surface area contributed by atoms with Crippen LogP contribution < -0.4 is 0 Å². The molecule has 1 aromatic carbocycles. The number of nitrogens with zero attached hydrogens (tertiary/aromatic N) is 5. The number of amides is 2. The van der Waals surface area contributed by atoms with Crippen LogP contribution in [0.5, 0.6) is 0 Å². The predicted molar refractivity (Wildman–Crippen MR) is 82.4 cm³/mol. The van der Waals surface area contributed by atoms with Crippen molar-refractivity contribution >= 4 is 23.8 Å². The zero-order chi connectivity index (χ0) is 16.4. The van der Waals surface area contributed by atoms with E-state index in [2.05, 4.69) is 15.5 Å². The maximum absolute atomic E-state index is 12.0. The van der Waals surface area contributed by atoms with Crippen LogP contribution in [0.1, 0.15) is 11.1 Å². The van der Waals surface area contributed by atoms with Crippen molar-refractivity contribution in [2.45, 2.75) is 19.0 Å².